The van der Waals surface area contributed by atoms with Gasteiger partial charge in [0, 0.05) is 27.8 Å². The first-order valence-electron chi connectivity index (χ1n) is 18.6. The first kappa shape index (κ1) is 34.3. The van der Waals surface area contributed by atoms with Crippen molar-refractivity contribution >= 4 is 5.84 Å². The van der Waals surface area contributed by atoms with Crippen LogP contribution in [0.5, 0.6) is 0 Å². The molecule has 0 saturated heterocycles. The molecular weight excluding hydrogens is 685 g/mol. The van der Waals surface area contributed by atoms with Gasteiger partial charge in [0.05, 0.1) is 23.0 Å². The molecule has 6 nitrogen and oxygen atoms in total. The molecule has 56 heavy (non-hydrogen) atoms. The third-order valence-electron chi connectivity index (χ3n) is 10.1. The van der Waals surface area contributed by atoms with E-state index in [1.54, 1.807) is 0 Å². The molecule has 2 unspecified atom stereocenters. The van der Waals surface area contributed by atoms with Crippen LogP contribution >= 0.6 is 0 Å². The van der Waals surface area contributed by atoms with Crippen molar-refractivity contribution in [1.29, 1.82) is 5.26 Å². The van der Waals surface area contributed by atoms with Gasteiger partial charge in [-0.25, -0.2) is 15.0 Å². The molecule has 0 saturated carbocycles. The average Bonchev–Trinajstić information content (AvgIpc) is 3.29. The van der Waals surface area contributed by atoms with Gasteiger partial charge in [-0.15, -0.1) is 0 Å². The third-order valence-corrected chi connectivity index (χ3v) is 10.1. The van der Waals surface area contributed by atoms with Crippen molar-refractivity contribution in [3.8, 4) is 62.2 Å². The lowest BCUT2D eigenvalue weighted by Crippen LogP contribution is -2.45. The second kappa shape index (κ2) is 15.5. The molecule has 266 valence electrons. The highest BCUT2D eigenvalue weighted by molar-refractivity contribution is 6.00. The quantitative estimate of drug-likeness (QED) is 0.163. The van der Waals surface area contributed by atoms with Gasteiger partial charge in [0.1, 0.15) is 18.2 Å². The summed E-state index contributed by atoms with van der Waals surface area (Å²) in [5.41, 5.74) is 12.7. The summed E-state index contributed by atoms with van der Waals surface area (Å²) >= 11 is 0. The van der Waals surface area contributed by atoms with Gasteiger partial charge in [-0.3, -0.25) is 5.32 Å². The summed E-state index contributed by atoms with van der Waals surface area (Å²) in [6.45, 7) is 0. The van der Waals surface area contributed by atoms with E-state index in [-0.39, 0.29) is 6.17 Å². The summed E-state index contributed by atoms with van der Waals surface area (Å²) in [7, 11) is 0. The SMILES string of the molecule is N#Cc1ccccc1C1N=C(c2ccc(-c3ccc(-c4nc(-c5ccccc5)cc(-c5cccc(-c6ccccc6)c5)n4)cc3)cc2)NC(c2ccccc2)N1. The Morgan fingerprint density at radius 2 is 0.964 bits per heavy atom. The molecule has 0 aliphatic carbocycles. The van der Waals surface area contributed by atoms with Crippen LogP contribution in [0.15, 0.2) is 199 Å². The third kappa shape index (κ3) is 7.23. The Hall–Kier alpha value is -7.46. The van der Waals surface area contributed by atoms with E-state index in [0.717, 1.165) is 72.9 Å². The standard InChI is InChI=1S/C50H36N6/c51-33-43-19-10-11-22-44(43)50-55-48(38-17-8-3-9-18-38)54-49(56-50)40-29-25-36(26-30-40)35-23-27-39(28-24-35)47-52-45(37-15-6-2-7-16-37)32-46(53-47)42-21-12-20-41(31-42)34-13-4-1-5-14-34/h1-32,48,50,55H,(H,54,56). The molecule has 1 aromatic heterocycles. The predicted octanol–water partition coefficient (Wildman–Crippen LogP) is 11.0. The highest BCUT2D eigenvalue weighted by Gasteiger charge is 2.26. The average molecular weight is 721 g/mol. The lowest BCUT2D eigenvalue weighted by atomic mass is 10.00. The molecule has 2 atom stereocenters. The molecular formula is C50H36N6. The van der Waals surface area contributed by atoms with Gasteiger partial charge < -0.3 is 5.32 Å². The van der Waals surface area contributed by atoms with Crippen LogP contribution in [0.25, 0.3) is 56.2 Å². The number of hydrogen-bond donors (Lipinski definition) is 2. The number of nitrogens with zero attached hydrogens (tertiary/aromatic N) is 4. The fourth-order valence-electron chi connectivity index (χ4n) is 7.12. The summed E-state index contributed by atoms with van der Waals surface area (Å²) in [5.74, 6) is 1.43. The zero-order valence-corrected chi connectivity index (χ0v) is 30.4. The zero-order valence-electron chi connectivity index (χ0n) is 30.4. The van der Waals surface area contributed by atoms with Crippen LogP contribution in [-0.4, -0.2) is 15.8 Å². The van der Waals surface area contributed by atoms with Crippen LogP contribution in [0.4, 0.5) is 0 Å². The highest BCUT2D eigenvalue weighted by atomic mass is 15.3. The molecule has 8 aromatic rings. The van der Waals surface area contributed by atoms with Crippen molar-refractivity contribution in [2.24, 2.45) is 4.99 Å². The largest absolute Gasteiger partial charge is 0.350 e. The minimum absolute atomic E-state index is 0.191. The molecule has 0 spiro atoms. The van der Waals surface area contributed by atoms with E-state index in [2.05, 4.69) is 144 Å². The Morgan fingerprint density at radius 3 is 1.64 bits per heavy atom. The van der Waals surface area contributed by atoms with Crippen LogP contribution < -0.4 is 10.6 Å². The summed E-state index contributed by atoms with van der Waals surface area (Å²) in [5, 5.41) is 17.0. The van der Waals surface area contributed by atoms with Crippen molar-refractivity contribution in [2.75, 3.05) is 0 Å². The maximum atomic E-state index is 9.85. The van der Waals surface area contributed by atoms with Crippen LogP contribution in [0.3, 0.4) is 0 Å². The molecule has 0 bridgehead atoms. The van der Waals surface area contributed by atoms with Gasteiger partial charge in [0.15, 0.2) is 5.82 Å². The van der Waals surface area contributed by atoms with E-state index in [0.29, 0.717) is 11.4 Å². The van der Waals surface area contributed by atoms with Crippen LogP contribution in [-0.2, 0) is 0 Å². The van der Waals surface area contributed by atoms with Crippen LogP contribution in [0, 0.1) is 11.3 Å². The van der Waals surface area contributed by atoms with Crippen molar-refractivity contribution in [2.45, 2.75) is 12.3 Å². The molecule has 2 N–H and O–H groups in total. The Kier molecular flexibility index (Phi) is 9.49. The van der Waals surface area contributed by atoms with Crippen molar-refractivity contribution in [3.63, 3.8) is 0 Å². The molecule has 9 rings (SSSR count). The van der Waals surface area contributed by atoms with E-state index >= 15 is 0 Å². The Balaban J connectivity index is 1.02. The second-order valence-corrected chi connectivity index (χ2v) is 13.7. The first-order valence-corrected chi connectivity index (χ1v) is 18.6. The summed E-state index contributed by atoms with van der Waals surface area (Å²) in [4.78, 5) is 15.2. The topological polar surface area (TPSA) is 86.0 Å². The maximum absolute atomic E-state index is 9.85. The Bertz CT molecular complexity index is 2690. The first-order chi connectivity index (χ1) is 27.7. The lowest BCUT2D eigenvalue weighted by Gasteiger charge is -2.32. The van der Waals surface area contributed by atoms with Gasteiger partial charge in [-0.1, -0.05) is 176 Å². The maximum Gasteiger partial charge on any atom is 0.160 e. The summed E-state index contributed by atoms with van der Waals surface area (Å²) in [6.07, 6.45) is -0.584. The van der Waals surface area contributed by atoms with E-state index < -0.39 is 6.17 Å². The number of nitriles is 1. The van der Waals surface area contributed by atoms with Crippen molar-refractivity contribution < 1.29 is 0 Å². The summed E-state index contributed by atoms with van der Waals surface area (Å²) in [6, 6.07) is 68.3. The monoisotopic (exact) mass is 720 g/mol. The number of nitrogens with one attached hydrogen (secondary N) is 2. The Labute approximate surface area is 326 Å². The molecule has 0 radical (unpaired) electrons. The lowest BCUT2D eigenvalue weighted by molar-refractivity contribution is 0.408. The number of rotatable bonds is 8. The number of benzene rings is 7. The number of aromatic nitrogens is 2. The van der Waals surface area contributed by atoms with Gasteiger partial charge in [-0.05, 0) is 46.0 Å². The fourth-order valence-corrected chi connectivity index (χ4v) is 7.12. The minimum atomic E-state index is -0.393. The number of amidine groups is 1. The van der Waals surface area contributed by atoms with Gasteiger partial charge in [-0.2, -0.15) is 5.26 Å². The van der Waals surface area contributed by atoms with Crippen LogP contribution in [0.2, 0.25) is 0 Å². The summed E-state index contributed by atoms with van der Waals surface area (Å²) < 4.78 is 0. The molecule has 2 heterocycles. The molecule has 6 heteroatoms. The second-order valence-electron chi connectivity index (χ2n) is 13.7. The van der Waals surface area contributed by atoms with E-state index in [9.17, 15) is 5.26 Å². The molecule has 0 amide bonds. The van der Waals surface area contributed by atoms with E-state index in [4.69, 9.17) is 15.0 Å². The predicted molar refractivity (Wildman–Crippen MR) is 225 cm³/mol. The highest BCUT2D eigenvalue weighted by Crippen LogP contribution is 2.32. The molecule has 1 aliphatic rings. The molecule has 0 fully saturated rings. The molecule has 1 aliphatic heterocycles. The Morgan fingerprint density at radius 1 is 0.446 bits per heavy atom. The van der Waals surface area contributed by atoms with Gasteiger partial charge >= 0.3 is 0 Å². The fraction of sp³-hybridized carbons (Fsp3) is 0.0400. The van der Waals surface area contributed by atoms with Gasteiger partial charge in [0.2, 0.25) is 0 Å². The van der Waals surface area contributed by atoms with E-state index in [1.807, 2.05) is 66.7 Å². The van der Waals surface area contributed by atoms with Gasteiger partial charge in [0.25, 0.3) is 0 Å². The van der Waals surface area contributed by atoms with Crippen molar-refractivity contribution in [1.82, 2.24) is 20.6 Å². The smallest absolute Gasteiger partial charge is 0.160 e. The number of aliphatic imine (C=N–C) groups is 1. The zero-order chi connectivity index (χ0) is 37.7. The van der Waals surface area contributed by atoms with E-state index in [1.165, 1.54) is 0 Å². The normalized spacial score (nSPS) is 14.9. The number of hydrogen-bond acceptors (Lipinski definition) is 6. The molecule has 7 aromatic carbocycles. The van der Waals surface area contributed by atoms with Crippen molar-refractivity contribution in [3.05, 3.63) is 216 Å². The van der Waals surface area contributed by atoms with Crippen LogP contribution in [0.1, 0.15) is 34.6 Å². The minimum Gasteiger partial charge on any atom is -0.350 e.